The summed E-state index contributed by atoms with van der Waals surface area (Å²) in [4.78, 5) is 11.8. The van der Waals surface area contributed by atoms with Crippen LogP contribution in [-0.2, 0) is 24.1 Å². The molecule has 1 N–H and O–H groups in total. The maximum Gasteiger partial charge on any atom is 0.436 e. The lowest BCUT2D eigenvalue weighted by Gasteiger charge is -2.07. The van der Waals surface area contributed by atoms with Crippen molar-refractivity contribution in [3.8, 4) is 0 Å². The first-order valence-electron chi connectivity index (χ1n) is 6.99. The van der Waals surface area contributed by atoms with Crippen LogP contribution >= 0.6 is 15.9 Å². The summed E-state index contributed by atoms with van der Waals surface area (Å²) in [5, 5.41) is 6.13. The highest BCUT2D eigenvalue weighted by Crippen LogP contribution is 2.35. The molecule has 0 aliphatic carbocycles. The van der Waals surface area contributed by atoms with E-state index < -0.39 is 11.9 Å². The Kier molecular flexibility index (Phi) is 5.63. The van der Waals surface area contributed by atoms with Gasteiger partial charge >= 0.3 is 6.18 Å². The summed E-state index contributed by atoms with van der Waals surface area (Å²) in [6, 6.07) is 5.65. The van der Waals surface area contributed by atoms with Gasteiger partial charge in [-0.2, -0.15) is 18.3 Å². The van der Waals surface area contributed by atoms with Crippen molar-refractivity contribution < 1.29 is 22.4 Å². The number of carbonyl (C=O) groups excluding carboxylic acids is 1. The van der Waals surface area contributed by atoms with E-state index in [9.17, 15) is 22.4 Å². The molecule has 0 bridgehead atoms. The Balaban J connectivity index is 1.91. The minimum Gasteiger partial charge on any atom is -0.352 e. The molecule has 2 rings (SSSR count). The molecule has 0 aliphatic heterocycles. The number of halogens is 5. The molecular weight excluding hydrogens is 394 g/mol. The van der Waals surface area contributed by atoms with Gasteiger partial charge in [-0.3, -0.25) is 9.48 Å². The number of nitrogens with zero attached hydrogens (tertiary/aromatic N) is 2. The van der Waals surface area contributed by atoms with Crippen molar-refractivity contribution in [1.82, 2.24) is 15.1 Å². The number of hydrogen-bond donors (Lipinski definition) is 1. The van der Waals surface area contributed by atoms with Crippen LogP contribution in [0.3, 0.4) is 0 Å². The van der Waals surface area contributed by atoms with Crippen LogP contribution in [0.1, 0.15) is 23.4 Å². The summed E-state index contributed by atoms with van der Waals surface area (Å²) in [5.41, 5.74) is 0.0162. The molecule has 0 unspecified atom stereocenters. The fraction of sp³-hybridized carbons (Fsp3) is 0.333. The molecule has 0 saturated carbocycles. The molecule has 130 valence electrons. The van der Waals surface area contributed by atoms with Gasteiger partial charge < -0.3 is 5.32 Å². The monoisotopic (exact) mass is 407 g/mol. The van der Waals surface area contributed by atoms with Crippen LogP contribution in [0.5, 0.6) is 0 Å². The quantitative estimate of drug-likeness (QED) is 0.765. The lowest BCUT2D eigenvalue weighted by Crippen LogP contribution is -2.24. The maximum atomic E-state index is 12.8. The average Bonchev–Trinajstić information content (AvgIpc) is 2.80. The van der Waals surface area contributed by atoms with E-state index in [2.05, 4.69) is 26.3 Å². The smallest absolute Gasteiger partial charge is 0.352 e. The summed E-state index contributed by atoms with van der Waals surface area (Å²) in [6.07, 6.45) is -4.58. The van der Waals surface area contributed by atoms with Crippen molar-refractivity contribution in [3.05, 3.63) is 51.5 Å². The van der Waals surface area contributed by atoms with E-state index in [1.807, 2.05) is 0 Å². The van der Waals surface area contributed by atoms with Crippen LogP contribution in [0.25, 0.3) is 0 Å². The van der Waals surface area contributed by atoms with E-state index in [1.165, 1.54) is 19.1 Å². The number of carbonyl (C=O) groups is 1. The SMILES string of the molecule is Cc1c(Br)c(C(F)(F)F)nn1CCC(=O)NCc1ccc(F)cc1. The predicted molar refractivity (Wildman–Crippen MR) is 82.5 cm³/mol. The van der Waals surface area contributed by atoms with Crippen LogP contribution in [0.4, 0.5) is 17.6 Å². The van der Waals surface area contributed by atoms with Crippen LogP contribution in [0.2, 0.25) is 0 Å². The lowest BCUT2D eigenvalue weighted by molar-refractivity contribution is -0.142. The molecule has 1 aromatic heterocycles. The number of rotatable bonds is 5. The zero-order valence-electron chi connectivity index (χ0n) is 12.6. The number of hydrogen-bond acceptors (Lipinski definition) is 2. The second-order valence-corrected chi connectivity index (χ2v) is 5.92. The minimum atomic E-state index is -4.56. The Morgan fingerprint density at radius 3 is 2.46 bits per heavy atom. The van der Waals surface area contributed by atoms with Crippen molar-refractivity contribution in [2.75, 3.05) is 0 Å². The third kappa shape index (κ3) is 4.56. The largest absolute Gasteiger partial charge is 0.436 e. The van der Waals surface area contributed by atoms with Gasteiger partial charge in [-0.25, -0.2) is 4.39 Å². The van der Waals surface area contributed by atoms with Gasteiger partial charge in [-0.15, -0.1) is 0 Å². The third-order valence-electron chi connectivity index (χ3n) is 3.36. The molecule has 0 atom stereocenters. The number of aryl methyl sites for hydroxylation is 1. The van der Waals surface area contributed by atoms with E-state index in [0.717, 1.165) is 10.2 Å². The van der Waals surface area contributed by atoms with Gasteiger partial charge in [-0.1, -0.05) is 12.1 Å². The molecule has 0 saturated heterocycles. The fourth-order valence-electron chi connectivity index (χ4n) is 2.02. The molecule has 9 heteroatoms. The second kappa shape index (κ2) is 7.33. The normalized spacial score (nSPS) is 11.6. The topological polar surface area (TPSA) is 46.9 Å². The highest BCUT2D eigenvalue weighted by atomic mass is 79.9. The average molecular weight is 408 g/mol. The van der Waals surface area contributed by atoms with Crippen LogP contribution < -0.4 is 5.32 Å². The highest BCUT2D eigenvalue weighted by Gasteiger charge is 2.37. The number of benzene rings is 1. The molecule has 4 nitrogen and oxygen atoms in total. The van der Waals surface area contributed by atoms with Crippen molar-refractivity contribution in [3.63, 3.8) is 0 Å². The summed E-state index contributed by atoms with van der Waals surface area (Å²) in [5.74, 6) is -0.704. The minimum absolute atomic E-state index is 0.0204. The van der Waals surface area contributed by atoms with E-state index in [1.54, 1.807) is 12.1 Å². The van der Waals surface area contributed by atoms with E-state index in [4.69, 9.17) is 0 Å². The first-order chi connectivity index (χ1) is 11.2. The van der Waals surface area contributed by atoms with E-state index in [-0.39, 0.29) is 35.7 Å². The predicted octanol–water partition coefficient (Wildman–Crippen LogP) is 3.82. The van der Waals surface area contributed by atoms with Gasteiger partial charge in [0.05, 0.1) is 16.7 Å². The number of alkyl halides is 3. The molecule has 1 amide bonds. The van der Waals surface area contributed by atoms with E-state index >= 15 is 0 Å². The molecule has 2 aromatic rings. The van der Waals surface area contributed by atoms with Crippen LogP contribution in [-0.4, -0.2) is 15.7 Å². The van der Waals surface area contributed by atoms with Crippen molar-refractivity contribution in [2.45, 2.75) is 32.6 Å². The van der Waals surface area contributed by atoms with Crippen molar-refractivity contribution in [2.24, 2.45) is 0 Å². The second-order valence-electron chi connectivity index (χ2n) is 5.12. The molecule has 0 fully saturated rings. The molecule has 1 heterocycles. The zero-order chi connectivity index (χ0) is 17.9. The standard InChI is InChI=1S/C15H14BrF4N3O/c1-9-13(16)14(15(18,19)20)22-23(9)7-6-12(24)21-8-10-2-4-11(17)5-3-10/h2-5H,6-8H2,1H3,(H,21,24). The summed E-state index contributed by atoms with van der Waals surface area (Å²) in [7, 11) is 0. The Hall–Kier alpha value is -1.90. The maximum absolute atomic E-state index is 12.8. The van der Waals surface area contributed by atoms with Gasteiger partial charge in [0.15, 0.2) is 5.69 Å². The van der Waals surface area contributed by atoms with Gasteiger partial charge in [0.25, 0.3) is 0 Å². The molecule has 1 aromatic carbocycles. The molecule has 0 spiro atoms. The molecule has 24 heavy (non-hydrogen) atoms. The van der Waals surface area contributed by atoms with Crippen molar-refractivity contribution in [1.29, 1.82) is 0 Å². The highest BCUT2D eigenvalue weighted by molar-refractivity contribution is 9.10. The van der Waals surface area contributed by atoms with Gasteiger partial charge in [0.1, 0.15) is 5.82 Å². The number of amides is 1. The third-order valence-corrected chi connectivity index (χ3v) is 4.30. The molecular formula is C15H14BrF4N3O. The van der Waals surface area contributed by atoms with Gasteiger partial charge in [-0.05, 0) is 40.5 Å². The Labute approximate surface area is 144 Å². The first kappa shape index (κ1) is 18.4. The zero-order valence-corrected chi connectivity index (χ0v) is 14.2. The fourth-order valence-corrected chi connectivity index (χ4v) is 2.53. The van der Waals surface area contributed by atoms with E-state index in [0.29, 0.717) is 5.69 Å². The van der Waals surface area contributed by atoms with Gasteiger partial charge in [0.2, 0.25) is 5.91 Å². The number of aromatic nitrogens is 2. The summed E-state index contributed by atoms with van der Waals surface area (Å²) < 4.78 is 52.1. The van der Waals surface area contributed by atoms with Gasteiger partial charge in [0, 0.05) is 13.0 Å². The first-order valence-corrected chi connectivity index (χ1v) is 7.79. The summed E-state index contributed by atoms with van der Waals surface area (Å²) in [6.45, 7) is 1.73. The van der Waals surface area contributed by atoms with Crippen LogP contribution in [0, 0.1) is 12.7 Å². The van der Waals surface area contributed by atoms with Crippen LogP contribution in [0.15, 0.2) is 28.7 Å². The van der Waals surface area contributed by atoms with Crippen molar-refractivity contribution >= 4 is 21.8 Å². The Morgan fingerprint density at radius 1 is 1.29 bits per heavy atom. The lowest BCUT2D eigenvalue weighted by atomic mass is 10.2. The molecule has 0 aliphatic rings. The Bertz CT molecular complexity index is 726. The number of nitrogens with one attached hydrogen (secondary N) is 1. The molecule has 0 radical (unpaired) electrons. The summed E-state index contributed by atoms with van der Waals surface area (Å²) >= 11 is 2.88. The Morgan fingerprint density at radius 2 is 1.92 bits per heavy atom.